The number of hydrogen-bond donors (Lipinski definition) is 2. The summed E-state index contributed by atoms with van der Waals surface area (Å²) in [6.07, 6.45) is 0.789. The minimum Gasteiger partial charge on any atom is -0.387 e. The Labute approximate surface area is 140 Å². The van der Waals surface area contributed by atoms with Crippen LogP contribution in [0.3, 0.4) is 0 Å². The van der Waals surface area contributed by atoms with Crippen molar-refractivity contribution in [3.63, 3.8) is 0 Å². The Morgan fingerprint density at radius 3 is 2.65 bits per heavy atom. The number of pyridine rings is 1. The number of likely N-dealkylation sites (N-methyl/N-ethyl adjacent to an activating group) is 1. The van der Waals surface area contributed by atoms with Gasteiger partial charge in [-0.15, -0.1) is 0 Å². The summed E-state index contributed by atoms with van der Waals surface area (Å²) in [5.41, 5.74) is 2.48. The van der Waals surface area contributed by atoms with Crippen LogP contribution in [0, 0.1) is 6.92 Å². The highest BCUT2D eigenvalue weighted by Gasteiger charge is 2.17. The van der Waals surface area contributed by atoms with Crippen molar-refractivity contribution in [3.8, 4) is 0 Å². The molecule has 1 atom stereocenters. The van der Waals surface area contributed by atoms with Gasteiger partial charge in [-0.25, -0.2) is 9.78 Å². The molecule has 2 amide bonds. The SMILES string of the molecule is CCN(CC(O)c1ccc(C)cc1)C(=O)Nc1ccnc(Cl)c1. The van der Waals surface area contributed by atoms with E-state index in [0.29, 0.717) is 17.4 Å². The second kappa shape index (κ2) is 7.94. The maximum atomic E-state index is 12.3. The maximum absolute atomic E-state index is 12.3. The predicted molar refractivity (Wildman–Crippen MR) is 91.7 cm³/mol. The van der Waals surface area contributed by atoms with Gasteiger partial charge >= 0.3 is 6.03 Å². The average Bonchev–Trinajstić information content (AvgIpc) is 2.53. The number of urea groups is 1. The van der Waals surface area contributed by atoms with E-state index in [2.05, 4.69) is 10.3 Å². The van der Waals surface area contributed by atoms with E-state index in [-0.39, 0.29) is 12.6 Å². The molecular formula is C17H20ClN3O2. The van der Waals surface area contributed by atoms with E-state index in [0.717, 1.165) is 11.1 Å². The number of benzene rings is 1. The second-order valence-electron chi connectivity index (χ2n) is 5.26. The van der Waals surface area contributed by atoms with Gasteiger partial charge in [0.25, 0.3) is 0 Å². The third-order valence-corrected chi connectivity index (χ3v) is 3.71. The molecule has 23 heavy (non-hydrogen) atoms. The second-order valence-corrected chi connectivity index (χ2v) is 5.65. The lowest BCUT2D eigenvalue weighted by molar-refractivity contribution is 0.128. The van der Waals surface area contributed by atoms with Crippen LogP contribution in [0.4, 0.5) is 10.5 Å². The van der Waals surface area contributed by atoms with Gasteiger partial charge in [-0.3, -0.25) is 0 Å². The first-order chi connectivity index (χ1) is 11.0. The van der Waals surface area contributed by atoms with Crippen molar-refractivity contribution >= 4 is 23.3 Å². The number of nitrogens with one attached hydrogen (secondary N) is 1. The molecule has 0 aliphatic rings. The zero-order valence-electron chi connectivity index (χ0n) is 13.2. The maximum Gasteiger partial charge on any atom is 0.321 e. The minimum atomic E-state index is -0.734. The number of anilines is 1. The fourth-order valence-corrected chi connectivity index (χ4v) is 2.32. The lowest BCUT2D eigenvalue weighted by Gasteiger charge is -2.24. The van der Waals surface area contributed by atoms with Crippen molar-refractivity contribution < 1.29 is 9.90 Å². The lowest BCUT2D eigenvalue weighted by Crippen LogP contribution is -2.37. The van der Waals surface area contributed by atoms with E-state index in [1.165, 1.54) is 6.20 Å². The Hall–Kier alpha value is -2.11. The van der Waals surface area contributed by atoms with Gasteiger partial charge in [0.15, 0.2) is 0 Å². The summed E-state index contributed by atoms with van der Waals surface area (Å²) >= 11 is 5.80. The molecule has 0 radical (unpaired) electrons. The number of carbonyl (C=O) groups excluding carboxylic acids is 1. The number of aryl methyl sites for hydroxylation is 1. The monoisotopic (exact) mass is 333 g/mol. The van der Waals surface area contributed by atoms with Crippen LogP contribution >= 0.6 is 11.6 Å². The van der Waals surface area contributed by atoms with Gasteiger partial charge in [0.1, 0.15) is 5.15 Å². The van der Waals surface area contributed by atoms with Crippen LogP contribution in [-0.2, 0) is 0 Å². The number of aliphatic hydroxyl groups is 1. The standard InChI is InChI=1S/C17H20ClN3O2/c1-3-21(11-15(22)13-6-4-12(2)5-7-13)17(23)20-14-8-9-19-16(18)10-14/h4-10,15,22H,3,11H2,1-2H3,(H,19,20,23). The fraction of sp³-hybridized carbons (Fsp3) is 0.294. The Morgan fingerprint density at radius 2 is 2.04 bits per heavy atom. The Balaban J connectivity index is 2.01. The van der Waals surface area contributed by atoms with Crippen LogP contribution < -0.4 is 5.32 Å². The van der Waals surface area contributed by atoms with Crippen molar-refractivity contribution in [1.29, 1.82) is 0 Å². The molecule has 1 unspecified atom stereocenters. The first kappa shape index (κ1) is 17.2. The lowest BCUT2D eigenvalue weighted by atomic mass is 10.1. The van der Waals surface area contributed by atoms with Crippen LogP contribution in [0.25, 0.3) is 0 Å². The number of aromatic nitrogens is 1. The van der Waals surface area contributed by atoms with Gasteiger partial charge in [0.2, 0.25) is 0 Å². The van der Waals surface area contributed by atoms with E-state index >= 15 is 0 Å². The number of halogens is 1. The third-order valence-electron chi connectivity index (χ3n) is 3.50. The number of amides is 2. The summed E-state index contributed by atoms with van der Waals surface area (Å²) in [6, 6.07) is 10.6. The highest BCUT2D eigenvalue weighted by Crippen LogP contribution is 2.17. The molecule has 1 heterocycles. The molecule has 5 nitrogen and oxygen atoms in total. The number of nitrogens with zero attached hydrogens (tertiary/aromatic N) is 2. The van der Waals surface area contributed by atoms with Crippen LogP contribution in [0.15, 0.2) is 42.6 Å². The largest absolute Gasteiger partial charge is 0.387 e. The molecule has 0 spiro atoms. The summed E-state index contributed by atoms with van der Waals surface area (Å²) in [4.78, 5) is 17.7. The van der Waals surface area contributed by atoms with E-state index in [1.54, 1.807) is 17.0 Å². The molecule has 122 valence electrons. The van der Waals surface area contributed by atoms with Crippen LogP contribution in [-0.4, -0.2) is 34.1 Å². The van der Waals surface area contributed by atoms with E-state index in [1.807, 2.05) is 38.1 Å². The van der Waals surface area contributed by atoms with Gasteiger partial charge in [-0.2, -0.15) is 0 Å². The molecule has 0 saturated carbocycles. The highest BCUT2D eigenvalue weighted by molar-refractivity contribution is 6.29. The van der Waals surface area contributed by atoms with Crippen LogP contribution in [0.5, 0.6) is 0 Å². The molecule has 1 aromatic carbocycles. The number of aliphatic hydroxyl groups excluding tert-OH is 1. The first-order valence-corrected chi connectivity index (χ1v) is 7.79. The van der Waals surface area contributed by atoms with Crippen LogP contribution in [0.2, 0.25) is 5.15 Å². The Kier molecular flexibility index (Phi) is 5.96. The number of carbonyl (C=O) groups is 1. The zero-order valence-corrected chi connectivity index (χ0v) is 13.9. The van der Waals surface area contributed by atoms with E-state index in [9.17, 15) is 9.90 Å². The smallest absolute Gasteiger partial charge is 0.321 e. The van der Waals surface area contributed by atoms with Gasteiger partial charge in [-0.05, 0) is 31.5 Å². The number of hydrogen-bond acceptors (Lipinski definition) is 3. The van der Waals surface area contributed by atoms with Gasteiger partial charge < -0.3 is 15.3 Å². The molecule has 0 aliphatic heterocycles. The molecule has 6 heteroatoms. The summed E-state index contributed by atoms with van der Waals surface area (Å²) in [5.74, 6) is 0. The molecule has 1 aromatic heterocycles. The molecule has 0 bridgehead atoms. The van der Waals surface area contributed by atoms with E-state index in [4.69, 9.17) is 11.6 Å². The summed E-state index contributed by atoms with van der Waals surface area (Å²) in [7, 11) is 0. The third kappa shape index (κ3) is 4.94. The fourth-order valence-electron chi connectivity index (χ4n) is 2.14. The van der Waals surface area contributed by atoms with Gasteiger partial charge in [0.05, 0.1) is 12.6 Å². The quantitative estimate of drug-likeness (QED) is 0.821. The minimum absolute atomic E-state index is 0.213. The van der Waals surface area contributed by atoms with Gasteiger partial charge in [0, 0.05) is 18.4 Å². The molecule has 0 saturated heterocycles. The highest BCUT2D eigenvalue weighted by atomic mass is 35.5. The van der Waals surface area contributed by atoms with Crippen molar-refractivity contribution in [1.82, 2.24) is 9.88 Å². The van der Waals surface area contributed by atoms with Crippen molar-refractivity contribution in [3.05, 3.63) is 58.9 Å². The molecule has 0 aliphatic carbocycles. The average molecular weight is 334 g/mol. The summed E-state index contributed by atoms with van der Waals surface area (Å²) < 4.78 is 0. The predicted octanol–water partition coefficient (Wildman–Crippen LogP) is 3.63. The molecular weight excluding hydrogens is 314 g/mol. The van der Waals surface area contributed by atoms with Crippen molar-refractivity contribution in [2.45, 2.75) is 20.0 Å². The topological polar surface area (TPSA) is 65.5 Å². The first-order valence-electron chi connectivity index (χ1n) is 7.41. The molecule has 0 fully saturated rings. The molecule has 2 aromatic rings. The molecule has 2 N–H and O–H groups in total. The Bertz CT molecular complexity index is 661. The summed E-state index contributed by atoms with van der Waals surface area (Å²) in [6.45, 7) is 4.54. The van der Waals surface area contributed by atoms with Gasteiger partial charge in [-0.1, -0.05) is 41.4 Å². The molecule has 2 rings (SSSR count). The van der Waals surface area contributed by atoms with Crippen molar-refractivity contribution in [2.75, 3.05) is 18.4 Å². The van der Waals surface area contributed by atoms with Crippen molar-refractivity contribution in [2.24, 2.45) is 0 Å². The number of rotatable bonds is 5. The van der Waals surface area contributed by atoms with Crippen LogP contribution in [0.1, 0.15) is 24.2 Å². The normalized spacial score (nSPS) is 11.8. The zero-order chi connectivity index (χ0) is 16.8. The van der Waals surface area contributed by atoms with E-state index < -0.39 is 6.10 Å². The Morgan fingerprint density at radius 1 is 1.35 bits per heavy atom. The summed E-state index contributed by atoms with van der Waals surface area (Å²) in [5, 5.41) is 13.4.